The molecule has 0 saturated heterocycles. The maximum absolute atomic E-state index is 13.1. The van der Waals surface area contributed by atoms with E-state index >= 15 is 0 Å². The molecule has 3 rings (SSSR count). The van der Waals surface area contributed by atoms with Gasteiger partial charge in [0.2, 0.25) is 5.88 Å². The summed E-state index contributed by atoms with van der Waals surface area (Å²) in [5.74, 6) is 0.924. The number of hydrogen-bond donors (Lipinski definition) is 1. The first-order valence-corrected chi connectivity index (χ1v) is 8.58. The quantitative estimate of drug-likeness (QED) is 0.870. The van der Waals surface area contributed by atoms with E-state index in [0.717, 1.165) is 18.4 Å². The molecule has 1 saturated carbocycles. The first-order chi connectivity index (χ1) is 11.9. The van der Waals surface area contributed by atoms with Crippen LogP contribution in [0.4, 0.5) is 5.82 Å². The number of ether oxygens (including phenoxy) is 1. The second-order valence-electron chi connectivity index (χ2n) is 6.80. The molecule has 1 aliphatic carbocycles. The van der Waals surface area contributed by atoms with Gasteiger partial charge in [-0.25, -0.2) is 4.98 Å². The van der Waals surface area contributed by atoms with E-state index in [1.165, 1.54) is 0 Å². The summed E-state index contributed by atoms with van der Waals surface area (Å²) in [6, 6.07) is 4.06. The fraction of sp³-hybridized carbons (Fsp3) is 0.500. The lowest BCUT2D eigenvalue weighted by molar-refractivity contribution is 0.0730. The lowest BCUT2D eigenvalue weighted by Gasteiger charge is -2.23. The lowest BCUT2D eigenvalue weighted by atomic mass is 10.1. The van der Waals surface area contributed by atoms with Crippen LogP contribution >= 0.6 is 0 Å². The molecule has 2 aromatic heterocycles. The van der Waals surface area contributed by atoms with Crippen molar-refractivity contribution in [3.8, 4) is 5.88 Å². The van der Waals surface area contributed by atoms with Gasteiger partial charge in [-0.05, 0) is 45.2 Å². The highest BCUT2D eigenvalue weighted by Crippen LogP contribution is 2.31. The highest BCUT2D eigenvalue weighted by atomic mass is 16.5. The summed E-state index contributed by atoms with van der Waals surface area (Å²) in [5, 5.41) is 4.26. The maximum Gasteiger partial charge on any atom is 0.260 e. The van der Waals surface area contributed by atoms with Crippen LogP contribution in [0.3, 0.4) is 0 Å². The minimum absolute atomic E-state index is 0.0572. The van der Waals surface area contributed by atoms with Crippen molar-refractivity contribution in [2.24, 2.45) is 7.05 Å². The van der Waals surface area contributed by atoms with Gasteiger partial charge in [0, 0.05) is 31.9 Å². The predicted molar refractivity (Wildman–Crippen MR) is 95.3 cm³/mol. The number of nitrogens with two attached hydrogens (primary N) is 1. The summed E-state index contributed by atoms with van der Waals surface area (Å²) in [7, 11) is 1.75. The molecule has 0 bridgehead atoms. The fourth-order valence-electron chi connectivity index (χ4n) is 2.89. The largest absolute Gasteiger partial charge is 0.475 e. The molecule has 134 valence electrons. The van der Waals surface area contributed by atoms with Gasteiger partial charge in [-0.2, -0.15) is 5.10 Å². The summed E-state index contributed by atoms with van der Waals surface area (Å²) in [6.45, 7) is 6.24. The van der Waals surface area contributed by atoms with Crippen LogP contribution in [0.5, 0.6) is 5.88 Å². The number of aryl methyl sites for hydroxylation is 2. The summed E-state index contributed by atoms with van der Waals surface area (Å²) < 4.78 is 7.20. The highest BCUT2D eigenvalue weighted by molar-refractivity contribution is 5.99. The van der Waals surface area contributed by atoms with Gasteiger partial charge in [0.1, 0.15) is 11.4 Å². The zero-order valence-electron chi connectivity index (χ0n) is 15.2. The molecule has 0 unspecified atom stereocenters. The van der Waals surface area contributed by atoms with Crippen LogP contribution < -0.4 is 10.5 Å². The Morgan fingerprint density at radius 1 is 1.48 bits per heavy atom. The normalized spacial score (nSPS) is 14.0. The molecular weight excluding hydrogens is 318 g/mol. The highest BCUT2D eigenvalue weighted by Gasteiger charge is 2.35. The van der Waals surface area contributed by atoms with Gasteiger partial charge in [0.05, 0.1) is 11.8 Å². The molecule has 0 radical (unpaired) electrons. The van der Waals surface area contributed by atoms with Crippen LogP contribution in [0.2, 0.25) is 0 Å². The first-order valence-electron chi connectivity index (χ1n) is 8.58. The van der Waals surface area contributed by atoms with E-state index in [1.54, 1.807) is 17.9 Å². The monoisotopic (exact) mass is 343 g/mol. The molecule has 0 atom stereocenters. The predicted octanol–water partition coefficient (Wildman–Crippen LogP) is 2.30. The number of nitrogen functional groups attached to an aromatic ring is 1. The van der Waals surface area contributed by atoms with Crippen LogP contribution in [0.1, 0.15) is 48.3 Å². The molecule has 25 heavy (non-hydrogen) atoms. The van der Waals surface area contributed by atoms with Crippen molar-refractivity contribution in [1.29, 1.82) is 0 Å². The Balaban J connectivity index is 1.84. The Labute approximate surface area is 147 Å². The van der Waals surface area contributed by atoms with E-state index in [4.69, 9.17) is 10.5 Å². The number of rotatable bonds is 6. The van der Waals surface area contributed by atoms with Crippen LogP contribution in [-0.2, 0) is 13.6 Å². The van der Waals surface area contributed by atoms with Gasteiger partial charge in [-0.3, -0.25) is 9.48 Å². The van der Waals surface area contributed by atoms with Gasteiger partial charge in [0.25, 0.3) is 5.91 Å². The Morgan fingerprint density at radius 3 is 2.76 bits per heavy atom. The Hall–Kier alpha value is -2.57. The van der Waals surface area contributed by atoms with Gasteiger partial charge in [0.15, 0.2) is 0 Å². The molecule has 7 nitrogen and oxygen atoms in total. The van der Waals surface area contributed by atoms with Gasteiger partial charge >= 0.3 is 0 Å². The van der Waals surface area contributed by atoms with E-state index < -0.39 is 0 Å². The molecule has 2 heterocycles. The minimum atomic E-state index is -0.0614. The van der Waals surface area contributed by atoms with Crippen molar-refractivity contribution in [2.45, 2.75) is 52.3 Å². The third-order valence-electron chi connectivity index (χ3n) is 4.24. The fourth-order valence-corrected chi connectivity index (χ4v) is 2.89. The summed E-state index contributed by atoms with van der Waals surface area (Å²) in [5.41, 5.74) is 8.21. The molecule has 0 aromatic carbocycles. The van der Waals surface area contributed by atoms with E-state index in [0.29, 0.717) is 29.5 Å². The number of amides is 1. The van der Waals surface area contributed by atoms with Crippen molar-refractivity contribution >= 4 is 11.7 Å². The molecule has 1 amide bonds. The number of carbonyl (C=O) groups is 1. The molecule has 2 aromatic rings. The zero-order valence-corrected chi connectivity index (χ0v) is 15.2. The van der Waals surface area contributed by atoms with E-state index in [9.17, 15) is 4.79 Å². The van der Waals surface area contributed by atoms with Crippen molar-refractivity contribution < 1.29 is 9.53 Å². The number of carbonyl (C=O) groups excluding carboxylic acids is 1. The average Bonchev–Trinajstić information content (AvgIpc) is 3.33. The molecule has 1 aliphatic rings. The number of hydrogen-bond acceptors (Lipinski definition) is 5. The topological polar surface area (TPSA) is 86.3 Å². The second-order valence-corrected chi connectivity index (χ2v) is 6.80. The van der Waals surface area contributed by atoms with Crippen molar-refractivity contribution in [1.82, 2.24) is 19.7 Å². The van der Waals surface area contributed by atoms with Crippen LogP contribution in [0.15, 0.2) is 18.3 Å². The summed E-state index contributed by atoms with van der Waals surface area (Å²) in [4.78, 5) is 19.2. The molecular formula is C18H25N5O2. The van der Waals surface area contributed by atoms with E-state index in [1.807, 2.05) is 37.8 Å². The number of anilines is 1. The number of nitrogens with zero attached hydrogens (tertiary/aromatic N) is 4. The lowest BCUT2D eigenvalue weighted by Crippen LogP contribution is -2.33. The van der Waals surface area contributed by atoms with Crippen LogP contribution in [0, 0.1) is 6.92 Å². The summed E-state index contributed by atoms with van der Waals surface area (Å²) in [6.07, 6.45) is 3.81. The standard InChI is InChI=1S/C18H25N5O2/c1-11(2)25-15-9-13(7-8-20-15)10-23(14-5-6-14)18(24)16-12(3)21-22(4)17(16)19/h7-9,11,14H,5-6,10,19H2,1-4H3. The maximum atomic E-state index is 13.1. The third-order valence-corrected chi connectivity index (χ3v) is 4.24. The smallest absolute Gasteiger partial charge is 0.260 e. The molecule has 7 heteroatoms. The van der Waals surface area contributed by atoms with Gasteiger partial charge in [-0.1, -0.05) is 0 Å². The van der Waals surface area contributed by atoms with E-state index in [-0.39, 0.29) is 18.1 Å². The van der Waals surface area contributed by atoms with Crippen LogP contribution in [-0.4, -0.2) is 37.7 Å². The average molecular weight is 343 g/mol. The molecule has 0 aliphatic heterocycles. The second kappa shape index (κ2) is 6.74. The molecule has 1 fully saturated rings. The van der Waals surface area contributed by atoms with Crippen molar-refractivity contribution in [3.05, 3.63) is 35.2 Å². The van der Waals surface area contributed by atoms with Gasteiger partial charge < -0.3 is 15.4 Å². The first kappa shape index (κ1) is 17.3. The number of pyridine rings is 1. The minimum Gasteiger partial charge on any atom is -0.475 e. The van der Waals surface area contributed by atoms with E-state index in [2.05, 4.69) is 10.1 Å². The Bertz CT molecular complexity index is 780. The summed E-state index contributed by atoms with van der Waals surface area (Å²) >= 11 is 0. The van der Waals surface area contributed by atoms with Crippen LogP contribution in [0.25, 0.3) is 0 Å². The SMILES string of the molecule is Cc1nn(C)c(N)c1C(=O)N(Cc1ccnc(OC(C)C)c1)C1CC1. The van der Waals surface area contributed by atoms with Crippen molar-refractivity contribution in [2.75, 3.05) is 5.73 Å². The zero-order chi connectivity index (χ0) is 18.1. The Morgan fingerprint density at radius 2 is 2.20 bits per heavy atom. The van der Waals surface area contributed by atoms with Crippen molar-refractivity contribution in [3.63, 3.8) is 0 Å². The number of aromatic nitrogens is 3. The van der Waals surface area contributed by atoms with Gasteiger partial charge in [-0.15, -0.1) is 0 Å². The molecule has 0 spiro atoms. The third kappa shape index (κ3) is 3.75. The Kier molecular flexibility index (Phi) is 4.65. The molecule has 2 N–H and O–H groups in total.